The van der Waals surface area contributed by atoms with Crippen molar-refractivity contribution in [3.63, 3.8) is 0 Å². The lowest BCUT2D eigenvalue weighted by Gasteiger charge is -2.29. The van der Waals surface area contributed by atoms with Gasteiger partial charge in [0.05, 0.1) is 18.6 Å². The zero-order valence-electron chi connectivity index (χ0n) is 33.2. The molecule has 0 heterocycles. The number of amides is 3. The highest BCUT2D eigenvalue weighted by atomic mass is 32.1. The van der Waals surface area contributed by atoms with E-state index in [1.165, 1.54) is 0 Å². The minimum atomic E-state index is -1.09. The van der Waals surface area contributed by atoms with E-state index < -0.39 is 24.1 Å². The molecule has 6 N–H and O–H groups in total. The van der Waals surface area contributed by atoms with Crippen LogP contribution < -0.4 is 26.6 Å². The number of carbonyl (C=O) groups excluding carboxylic acids is 3. The Morgan fingerprint density at radius 1 is 0.745 bits per heavy atom. The van der Waals surface area contributed by atoms with E-state index in [2.05, 4.69) is 89.0 Å². The predicted molar refractivity (Wildman–Crippen MR) is 229 cm³/mol. The number of aliphatic hydroxyl groups is 1. The van der Waals surface area contributed by atoms with Gasteiger partial charge >= 0.3 is 0 Å². The molecular weight excluding hydrogens is 707 g/mol. The average Bonchev–Trinajstić information content (AvgIpc) is 3.18. The van der Waals surface area contributed by atoms with Gasteiger partial charge in [-0.15, -0.1) is 0 Å². The van der Waals surface area contributed by atoms with Crippen molar-refractivity contribution < 1.29 is 19.5 Å². The third kappa shape index (κ3) is 13.6. The molecule has 0 saturated carbocycles. The number of nitrogens with one attached hydrogen (secondary N) is 5. The Hall–Kier alpha value is -4.54. The van der Waals surface area contributed by atoms with Crippen LogP contribution in [0.15, 0.2) is 84.9 Å². The van der Waals surface area contributed by atoms with Crippen LogP contribution in [-0.4, -0.2) is 66.3 Å². The lowest BCUT2D eigenvalue weighted by molar-refractivity contribution is -0.132. The molecule has 4 aromatic rings. The molecule has 0 fully saturated rings. The molecule has 9 nitrogen and oxygen atoms in total. The molecule has 296 valence electrons. The van der Waals surface area contributed by atoms with Crippen LogP contribution in [0.4, 0.5) is 0 Å². The van der Waals surface area contributed by atoms with E-state index in [-0.39, 0.29) is 30.1 Å². The molecular formula is C45H61N5O4S. The van der Waals surface area contributed by atoms with Gasteiger partial charge in [-0.05, 0) is 95.3 Å². The summed E-state index contributed by atoms with van der Waals surface area (Å²) in [4.78, 5) is 41.6. The lowest BCUT2D eigenvalue weighted by atomic mass is 9.87. The first-order chi connectivity index (χ1) is 26.5. The molecule has 0 aliphatic heterocycles. The molecule has 0 aliphatic rings. The highest BCUT2D eigenvalue weighted by Crippen LogP contribution is 2.27. The summed E-state index contributed by atoms with van der Waals surface area (Å²) in [6.07, 6.45) is 2.92. The minimum Gasteiger partial charge on any atom is -0.390 e. The van der Waals surface area contributed by atoms with Gasteiger partial charge in [0.2, 0.25) is 17.7 Å². The van der Waals surface area contributed by atoms with Crippen LogP contribution in [0, 0.1) is 17.8 Å². The van der Waals surface area contributed by atoms with E-state index in [9.17, 15) is 19.5 Å². The van der Waals surface area contributed by atoms with Gasteiger partial charge in [-0.1, -0.05) is 119 Å². The highest BCUT2D eigenvalue weighted by Gasteiger charge is 2.31. The van der Waals surface area contributed by atoms with Crippen LogP contribution in [0.3, 0.4) is 0 Å². The fraction of sp³-hybridized carbons (Fsp3) is 0.467. The maximum Gasteiger partial charge on any atom is 0.242 e. The van der Waals surface area contributed by atoms with Crippen molar-refractivity contribution in [2.24, 2.45) is 17.8 Å². The second-order valence-corrected chi connectivity index (χ2v) is 15.7. The number of hydrogen-bond acceptors (Lipinski definition) is 5. The van der Waals surface area contributed by atoms with E-state index in [0.29, 0.717) is 56.2 Å². The molecule has 3 amide bonds. The number of carbonyl (C=O) groups is 3. The summed E-state index contributed by atoms with van der Waals surface area (Å²) in [6.45, 7) is 9.31. The normalized spacial score (nSPS) is 13.6. The van der Waals surface area contributed by atoms with E-state index in [1.807, 2.05) is 50.2 Å². The second kappa shape index (κ2) is 22.1. The molecule has 0 aliphatic carbocycles. The topological polar surface area (TPSA) is 132 Å². The number of hydrogen-bond donors (Lipinski definition) is 6. The summed E-state index contributed by atoms with van der Waals surface area (Å²) in [5, 5.41) is 31.4. The number of benzene rings is 4. The molecule has 0 bridgehead atoms. The first-order valence-corrected chi connectivity index (χ1v) is 20.3. The van der Waals surface area contributed by atoms with E-state index in [1.54, 1.807) is 7.05 Å². The SMILES string of the molecule is CCC(C)CNC(=O)C[C@H](O)[C@H](CC(C)C)NC(=O)[C@H](CCCCNC(=S)NC)NC(=O)C(Cc1cccc2ccccc12)Cc1cccc2ccccc12. The van der Waals surface area contributed by atoms with Crippen molar-refractivity contribution in [1.82, 2.24) is 26.6 Å². The molecule has 0 aromatic heterocycles. The second-order valence-electron chi connectivity index (χ2n) is 15.3. The number of unbranched alkanes of at least 4 members (excludes halogenated alkanes) is 1. The fourth-order valence-electron chi connectivity index (χ4n) is 6.99. The van der Waals surface area contributed by atoms with Crippen molar-refractivity contribution in [2.75, 3.05) is 20.1 Å². The Kier molecular flexibility index (Phi) is 17.4. The molecule has 4 rings (SSSR count). The summed E-state index contributed by atoms with van der Waals surface area (Å²) < 4.78 is 0. The van der Waals surface area contributed by atoms with E-state index in [0.717, 1.165) is 45.5 Å². The van der Waals surface area contributed by atoms with Crippen molar-refractivity contribution in [3.8, 4) is 0 Å². The fourth-order valence-corrected chi connectivity index (χ4v) is 7.09. The number of rotatable bonds is 21. The van der Waals surface area contributed by atoms with Crippen molar-refractivity contribution >= 4 is 56.6 Å². The number of aliphatic hydroxyl groups excluding tert-OH is 1. The Bertz CT molecular complexity index is 1770. The Labute approximate surface area is 332 Å². The Balaban J connectivity index is 1.60. The molecule has 0 saturated heterocycles. The summed E-state index contributed by atoms with van der Waals surface area (Å²) in [7, 11) is 1.76. The highest BCUT2D eigenvalue weighted by molar-refractivity contribution is 7.80. The van der Waals surface area contributed by atoms with Crippen molar-refractivity contribution in [2.45, 2.75) is 97.2 Å². The van der Waals surface area contributed by atoms with E-state index in [4.69, 9.17) is 12.2 Å². The Morgan fingerprint density at radius 2 is 1.33 bits per heavy atom. The third-order valence-corrected chi connectivity index (χ3v) is 10.7. The zero-order chi connectivity index (χ0) is 39.7. The number of thiocarbonyl (C=S) groups is 1. The van der Waals surface area contributed by atoms with Gasteiger partial charge in [0, 0.05) is 26.1 Å². The van der Waals surface area contributed by atoms with Crippen LogP contribution in [0.1, 0.15) is 77.3 Å². The zero-order valence-corrected chi connectivity index (χ0v) is 34.0. The predicted octanol–water partition coefficient (Wildman–Crippen LogP) is 6.59. The maximum atomic E-state index is 14.6. The molecule has 0 radical (unpaired) electrons. The molecule has 4 atom stereocenters. The smallest absolute Gasteiger partial charge is 0.242 e. The minimum absolute atomic E-state index is 0.125. The lowest BCUT2D eigenvalue weighted by Crippen LogP contribution is -2.54. The third-order valence-electron chi connectivity index (χ3n) is 10.4. The first kappa shape index (κ1) is 43.2. The summed E-state index contributed by atoms with van der Waals surface area (Å²) in [6, 6.07) is 27.2. The Morgan fingerprint density at radius 3 is 1.89 bits per heavy atom. The number of fused-ring (bicyclic) bond motifs is 2. The molecule has 4 aromatic carbocycles. The van der Waals surface area contributed by atoms with Crippen molar-refractivity contribution in [1.29, 1.82) is 0 Å². The summed E-state index contributed by atoms with van der Waals surface area (Å²) >= 11 is 5.23. The quantitative estimate of drug-likeness (QED) is 0.0417. The monoisotopic (exact) mass is 767 g/mol. The largest absolute Gasteiger partial charge is 0.390 e. The van der Waals surface area contributed by atoms with Gasteiger partial charge in [-0.25, -0.2) is 0 Å². The molecule has 55 heavy (non-hydrogen) atoms. The summed E-state index contributed by atoms with van der Waals surface area (Å²) in [5.41, 5.74) is 2.13. The van der Waals surface area contributed by atoms with E-state index >= 15 is 0 Å². The maximum absolute atomic E-state index is 14.6. The van der Waals surface area contributed by atoms with Crippen molar-refractivity contribution in [3.05, 3.63) is 96.1 Å². The molecule has 0 spiro atoms. The summed E-state index contributed by atoms with van der Waals surface area (Å²) in [5.74, 6) is -0.841. The van der Waals surface area contributed by atoms with Gasteiger partial charge < -0.3 is 31.7 Å². The van der Waals surface area contributed by atoms with Gasteiger partial charge in [0.1, 0.15) is 6.04 Å². The average molecular weight is 768 g/mol. The van der Waals surface area contributed by atoms with Gasteiger partial charge in [0.25, 0.3) is 0 Å². The first-order valence-electron chi connectivity index (χ1n) is 19.9. The van der Waals surface area contributed by atoms with Crippen LogP contribution >= 0.6 is 12.2 Å². The van der Waals surface area contributed by atoms with Crippen LogP contribution in [-0.2, 0) is 27.2 Å². The van der Waals surface area contributed by atoms with Gasteiger partial charge in [0.15, 0.2) is 5.11 Å². The standard InChI is InChI=1S/C45H61N5O4S/c1-6-31(4)29-48-42(52)28-41(51)40(25-30(2)3)50-44(54)39(23-11-12-24-47-45(55)46-5)49-43(53)36(26-34-19-13-17-32-15-7-9-21-37(32)34)27-35-20-14-18-33-16-8-10-22-38(33)35/h7-10,13-22,30-31,36,39-41,51H,6,11-12,23-29H2,1-5H3,(H,48,52)(H,49,53)(H,50,54)(H2,46,47,55)/t31?,39-,40-,41-/m0/s1. The van der Waals surface area contributed by atoms with Gasteiger partial charge in [-0.2, -0.15) is 0 Å². The molecule has 1 unspecified atom stereocenters. The van der Waals surface area contributed by atoms with Gasteiger partial charge in [-0.3, -0.25) is 14.4 Å². The molecule has 10 heteroatoms. The van der Waals surface area contributed by atoms with Crippen LogP contribution in [0.2, 0.25) is 0 Å². The van der Waals surface area contributed by atoms with Crippen LogP contribution in [0.25, 0.3) is 21.5 Å². The van der Waals surface area contributed by atoms with Crippen LogP contribution in [0.5, 0.6) is 0 Å².